The molecular formula is C18H22N2O2. The first-order chi connectivity index (χ1) is 10.7. The SMILES string of the molecule is COc1ccc(CCCNC(=O)Nc2ccc(C)cc2)cc1. The Morgan fingerprint density at radius 3 is 2.36 bits per heavy atom. The van der Waals surface area contributed by atoms with Gasteiger partial charge in [-0.05, 0) is 49.6 Å². The van der Waals surface area contributed by atoms with Crippen LogP contribution in [-0.4, -0.2) is 19.7 Å². The Morgan fingerprint density at radius 1 is 1.05 bits per heavy atom. The molecule has 0 radical (unpaired) electrons. The van der Waals surface area contributed by atoms with E-state index in [0.717, 1.165) is 24.3 Å². The Balaban J connectivity index is 1.67. The molecule has 0 bridgehead atoms. The van der Waals surface area contributed by atoms with Crippen LogP contribution in [0.15, 0.2) is 48.5 Å². The molecule has 2 N–H and O–H groups in total. The quantitative estimate of drug-likeness (QED) is 0.798. The Hall–Kier alpha value is -2.49. The average molecular weight is 298 g/mol. The maximum atomic E-state index is 11.8. The van der Waals surface area contributed by atoms with E-state index in [-0.39, 0.29) is 6.03 Å². The molecule has 0 fully saturated rings. The Morgan fingerprint density at radius 2 is 1.73 bits per heavy atom. The summed E-state index contributed by atoms with van der Waals surface area (Å²) in [5, 5.41) is 5.68. The van der Waals surface area contributed by atoms with Crippen molar-refractivity contribution in [1.29, 1.82) is 0 Å². The lowest BCUT2D eigenvalue weighted by Gasteiger charge is -2.08. The molecule has 4 heteroatoms. The van der Waals surface area contributed by atoms with Crippen LogP contribution in [0.5, 0.6) is 5.75 Å². The monoisotopic (exact) mass is 298 g/mol. The minimum atomic E-state index is -0.168. The van der Waals surface area contributed by atoms with Gasteiger partial charge in [0.2, 0.25) is 0 Å². The molecule has 4 nitrogen and oxygen atoms in total. The number of hydrogen-bond acceptors (Lipinski definition) is 2. The first kappa shape index (κ1) is 15.9. The third-order valence-electron chi connectivity index (χ3n) is 3.40. The first-order valence-corrected chi connectivity index (χ1v) is 7.42. The number of amides is 2. The van der Waals surface area contributed by atoms with Crippen molar-refractivity contribution in [2.24, 2.45) is 0 Å². The molecule has 2 aromatic carbocycles. The minimum Gasteiger partial charge on any atom is -0.497 e. The number of carbonyl (C=O) groups is 1. The number of ether oxygens (including phenoxy) is 1. The van der Waals surface area contributed by atoms with Crippen LogP contribution in [0.1, 0.15) is 17.5 Å². The highest BCUT2D eigenvalue weighted by atomic mass is 16.5. The van der Waals surface area contributed by atoms with Gasteiger partial charge in [0.25, 0.3) is 0 Å². The summed E-state index contributed by atoms with van der Waals surface area (Å²) in [6, 6.07) is 15.6. The molecule has 0 aromatic heterocycles. The first-order valence-electron chi connectivity index (χ1n) is 7.42. The Bertz CT molecular complexity index is 591. The highest BCUT2D eigenvalue weighted by Gasteiger charge is 2.01. The zero-order valence-electron chi connectivity index (χ0n) is 13.1. The fraction of sp³-hybridized carbons (Fsp3) is 0.278. The normalized spacial score (nSPS) is 10.1. The van der Waals surface area contributed by atoms with Crippen molar-refractivity contribution in [1.82, 2.24) is 5.32 Å². The van der Waals surface area contributed by atoms with Crippen LogP contribution in [0.4, 0.5) is 10.5 Å². The van der Waals surface area contributed by atoms with Gasteiger partial charge in [0.1, 0.15) is 5.75 Å². The lowest BCUT2D eigenvalue weighted by Crippen LogP contribution is -2.29. The van der Waals surface area contributed by atoms with Gasteiger partial charge in [0.05, 0.1) is 7.11 Å². The highest BCUT2D eigenvalue weighted by molar-refractivity contribution is 5.89. The van der Waals surface area contributed by atoms with Crippen LogP contribution in [0.3, 0.4) is 0 Å². The van der Waals surface area contributed by atoms with Crippen molar-refractivity contribution >= 4 is 11.7 Å². The fourth-order valence-corrected chi connectivity index (χ4v) is 2.10. The van der Waals surface area contributed by atoms with Crippen molar-refractivity contribution in [3.63, 3.8) is 0 Å². The number of nitrogens with one attached hydrogen (secondary N) is 2. The average Bonchev–Trinajstić information content (AvgIpc) is 2.54. The van der Waals surface area contributed by atoms with Crippen LogP contribution in [0.2, 0.25) is 0 Å². The molecule has 0 spiro atoms. The molecular weight excluding hydrogens is 276 g/mol. The van der Waals surface area contributed by atoms with Gasteiger partial charge in [-0.15, -0.1) is 0 Å². The summed E-state index contributed by atoms with van der Waals surface area (Å²) in [6.07, 6.45) is 1.82. The minimum absolute atomic E-state index is 0.168. The van der Waals surface area contributed by atoms with Gasteiger partial charge in [0.15, 0.2) is 0 Å². The number of hydrogen-bond donors (Lipinski definition) is 2. The summed E-state index contributed by atoms with van der Waals surface area (Å²) in [5.74, 6) is 0.861. The topological polar surface area (TPSA) is 50.4 Å². The summed E-state index contributed by atoms with van der Waals surface area (Å²) in [4.78, 5) is 11.8. The second-order valence-electron chi connectivity index (χ2n) is 5.20. The molecule has 0 saturated heterocycles. The van der Waals surface area contributed by atoms with Crippen LogP contribution in [0, 0.1) is 6.92 Å². The number of methoxy groups -OCH3 is 1. The fourth-order valence-electron chi connectivity index (χ4n) is 2.10. The number of anilines is 1. The second-order valence-corrected chi connectivity index (χ2v) is 5.20. The van der Waals surface area contributed by atoms with Gasteiger partial charge in [-0.25, -0.2) is 4.79 Å². The standard InChI is InChI=1S/C18H22N2O2/c1-14-5-9-16(10-6-14)20-18(21)19-13-3-4-15-7-11-17(22-2)12-8-15/h5-12H,3-4,13H2,1-2H3,(H2,19,20,21). The molecule has 2 rings (SSSR count). The van der Waals surface area contributed by atoms with Gasteiger partial charge >= 0.3 is 6.03 Å². The van der Waals surface area contributed by atoms with E-state index in [1.807, 2.05) is 55.5 Å². The van der Waals surface area contributed by atoms with Gasteiger partial charge in [-0.3, -0.25) is 0 Å². The number of aryl methyl sites for hydroxylation is 2. The number of carbonyl (C=O) groups excluding carboxylic acids is 1. The third kappa shape index (κ3) is 5.13. The Labute approximate surface area is 131 Å². The van der Waals surface area contributed by atoms with E-state index in [0.29, 0.717) is 6.54 Å². The van der Waals surface area contributed by atoms with Crippen LogP contribution >= 0.6 is 0 Å². The largest absolute Gasteiger partial charge is 0.497 e. The van der Waals surface area contributed by atoms with E-state index in [1.54, 1.807) is 7.11 Å². The maximum Gasteiger partial charge on any atom is 0.319 e. The van der Waals surface area contributed by atoms with E-state index < -0.39 is 0 Å². The van der Waals surface area contributed by atoms with Crippen LogP contribution in [0.25, 0.3) is 0 Å². The van der Waals surface area contributed by atoms with Crippen molar-refractivity contribution in [2.45, 2.75) is 19.8 Å². The van der Waals surface area contributed by atoms with E-state index in [2.05, 4.69) is 10.6 Å². The van der Waals surface area contributed by atoms with E-state index in [1.165, 1.54) is 11.1 Å². The molecule has 0 heterocycles. The van der Waals surface area contributed by atoms with E-state index >= 15 is 0 Å². The maximum absolute atomic E-state index is 11.8. The predicted molar refractivity (Wildman–Crippen MR) is 89.5 cm³/mol. The summed E-state index contributed by atoms with van der Waals surface area (Å²) >= 11 is 0. The van der Waals surface area contributed by atoms with Gasteiger partial charge in [-0.2, -0.15) is 0 Å². The lowest BCUT2D eigenvalue weighted by atomic mass is 10.1. The number of benzene rings is 2. The molecule has 0 aliphatic heterocycles. The van der Waals surface area contributed by atoms with Crippen molar-refractivity contribution in [2.75, 3.05) is 19.0 Å². The Kier molecular flexibility index (Phi) is 5.83. The third-order valence-corrected chi connectivity index (χ3v) is 3.40. The predicted octanol–water partition coefficient (Wildman–Crippen LogP) is 3.76. The molecule has 22 heavy (non-hydrogen) atoms. The number of urea groups is 1. The van der Waals surface area contributed by atoms with Crippen LogP contribution < -0.4 is 15.4 Å². The molecule has 116 valence electrons. The van der Waals surface area contributed by atoms with Crippen molar-refractivity contribution < 1.29 is 9.53 Å². The highest BCUT2D eigenvalue weighted by Crippen LogP contribution is 2.12. The van der Waals surface area contributed by atoms with E-state index in [4.69, 9.17) is 4.74 Å². The molecule has 0 atom stereocenters. The van der Waals surface area contributed by atoms with Crippen LogP contribution in [-0.2, 0) is 6.42 Å². The van der Waals surface area contributed by atoms with Gasteiger partial charge in [0, 0.05) is 12.2 Å². The smallest absolute Gasteiger partial charge is 0.319 e. The molecule has 0 aliphatic rings. The summed E-state index contributed by atoms with van der Waals surface area (Å²) in [5.41, 5.74) is 3.21. The molecule has 0 aliphatic carbocycles. The molecule has 2 amide bonds. The summed E-state index contributed by atoms with van der Waals surface area (Å²) in [6.45, 7) is 2.66. The zero-order chi connectivity index (χ0) is 15.8. The summed E-state index contributed by atoms with van der Waals surface area (Å²) in [7, 11) is 1.66. The second kappa shape index (κ2) is 8.08. The molecule has 0 unspecified atom stereocenters. The summed E-state index contributed by atoms with van der Waals surface area (Å²) < 4.78 is 5.12. The lowest BCUT2D eigenvalue weighted by molar-refractivity contribution is 0.252. The zero-order valence-corrected chi connectivity index (χ0v) is 13.1. The van der Waals surface area contributed by atoms with E-state index in [9.17, 15) is 4.79 Å². The van der Waals surface area contributed by atoms with Gasteiger partial charge in [-0.1, -0.05) is 29.8 Å². The van der Waals surface area contributed by atoms with Gasteiger partial charge < -0.3 is 15.4 Å². The molecule has 0 saturated carbocycles. The number of rotatable bonds is 6. The molecule has 2 aromatic rings. The van der Waals surface area contributed by atoms with Crippen molar-refractivity contribution in [3.05, 3.63) is 59.7 Å². The van der Waals surface area contributed by atoms with Crippen molar-refractivity contribution in [3.8, 4) is 5.75 Å².